The molecule has 144 valence electrons. The van der Waals surface area contributed by atoms with Crippen LogP contribution in [0.4, 0.5) is 20.9 Å². The highest BCUT2D eigenvalue weighted by Crippen LogP contribution is 2.31. The molecule has 0 aliphatic carbocycles. The van der Waals surface area contributed by atoms with Crippen LogP contribution < -0.4 is 10.6 Å². The van der Waals surface area contributed by atoms with Crippen molar-refractivity contribution in [1.29, 1.82) is 0 Å². The van der Waals surface area contributed by atoms with Crippen LogP contribution in [0, 0.1) is 5.82 Å². The van der Waals surface area contributed by atoms with E-state index < -0.39 is 5.25 Å². The Labute approximate surface area is 169 Å². The topological polar surface area (TPSA) is 84.0 Å². The monoisotopic (exact) mass is 416 g/mol. The van der Waals surface area contributed by atoms with Gasteiger partial charge in [0.15, 0.2) is 10.1 Å². The smallest absolute Gasteiger partial charge is 0.237 e. The molecule has 3 rings (SSSR count). The van der Waals surface area contributed by atoms with Crippen LogP contribution in [0.1, 0.15) is 24.2 Å². The van der Waals surface area contributed by atoms with Crippen molar-refractivity contribution in [3.63, 3.8) is 0 Å². The zero-order valence-corrected chi connectivity index (χ0v) is 16.7. The van der Waals surface area contributed by atoms with E-state index >= 15 is 0 Å². The van der Waals surface area contributed by atoms with Crippen molar-refractivity contribution in [2.24, 2.45) is 0 Å². The Hall–Kier alpha value is -2.78. The van der Waals surface area contributed by atoms with Crippen LogP contribution in [0.2, 0.25) is 0 Å². The highest BCUT2D eigenvalue weighted by atomic mass is 32.2. The maximum absolute atomic E-state index is 13.2. The number of nitrogens with zero attached hydrogens (tertiary/aromatic N) is 2. The minimum absolute atomic E-state index is 0.0642. The molecule has 3 aromatic rings. The molecule has 1 heterocycles. The Bertz CT molecular complexity index is 1010. The van der Waals surface area contributed by atoms with Crippen LogP contribution in [-0.2, 0) is 4.79 Å². The largest absolute Gasteiger partial charge is 0.330 e. The van der Waals surface area contributed by atoms with Crippen molar-refractivity contribution in [2.45, 2.75) is 23.4 Å². The summed E-state index contributed by atoms with van der Waals surface area (Å²) in [6.07, 6.45) is 0. The summed E-state index contributed by atoms with van der Waals surface area (Å²) in [5, 5.41) is 13.9. The number of rotatable bonds is 7. The number of thioether (sulfide) groups is 1. The van der Waals surface area contributed by atoms with Gasteiger partial charge in [0.25, 0.3) is 0 Å². The van der Waals surface area contributed by atoms with Gasteiger partial charge >= 0.3 is 0 Å². The van der Waals surface area contributed by atoms with Gasteiger partial charge in [-0.25, -0.2) is 4.39 Å². The van der Waals surface area contributed by atoms with Crippen LogP contribution in [0.25, 0.3) is 0 Å². The van der Waals surface area contributed by atoms with Crippen molar-refractivity contribution in [3.05, 3.63) is 59.9 Å². The normalized spacial score (nSPS) is 11.7. The molecular weight excluding hydrogens is 399 g/mol. The molecule has 0 spiro atoms. The number of aromatic nitrogens is 2. The summed E-state index contributed by atoms with van der Waals surface area (Å²) in [5.74, 6) is -0.616. The number of ketones is 1. The van der Waals surface area contributed by atoms with Crippen LogP contribution in [-0.4, -0.2) is 27.1 Å². The molecule has 0 aliphatic heterocycles. The zero-order valence-electron chi connectivity index (χ0n) is 15.1. The number of halogens is 1. The molecule has 0 saturated heterocycles. The predicted molar refractivity (Wildman–Crippen MR) is 110 cm³/mol. The SMILES string of the molecule is CC(=O)c1cccc(NC(=O)C(C)Sc2nnc(Nc3cccc(F)c3)s2)c1. The van der Waals surface area contributed by atoms with E-state index in [1.165, 1.54) is 42.2 Å². The molecule has 6 nitrogen and oxygen atoms in total. The van der Waals surface area contributed by atoms with Crippen LogP contribution >= 0.6 is 23.1 Å². The molecule has 0 bridgehead atoms. The second kappa shape index (κ2) is 8.94. The van der Waals surface area contributed by atoms with Gasteiger partial charge < -0.3 is 10.6 Å². The minimum atomic E-state index is -0.420. The van der Waals surface area contributed by atoms with Gasteiger partial charge in [-0.05, 0) is 44.2 Å². The van der Waals surface area contributed by atoms with Crippen molar-refractivity contribution in [3.8, 4) is 0 Å². The number of hydrogen-bond donors (Lipinski definition) is 2. The summed E-state index contributed by atoms with van der Waals surface area (Å²) in [7, 11) is 0. The first kappa shape index (κ1) is 20.0. The van der Waals surface area contributed by atoms with Crippen molar-refractivity contribution in [1.82, 2.24) is 10.2 Å². The standard InChI is InChI=1S/C19H17FN4O2S2/c1-11(25)13-5-3-7-15(9-13)21-17(26)12(2)27-19-24-23-18(28-19)22-16-8-4-6-14(20)10-16/h3-10,12H,1-2H3,(H,21,26)(H,22,23). The Morgan fingerprint density at radius 1 is 1.11 bits per heavy atom. The number of Topliss-reactive ketones (excluding diaryl/α,β-unsaturated/α-hetero) is 1. The number of amides is 1. The number of anilines is 3. The first-order valence-electron chi connectivity index (χ1n) is 8.35. The van der Waals surface area contributed by atoms with Crippen molar-refractivity contribution < 1.29 is 14.0 Å². The Kier molecular flexibility index (Phi) is 6.37. The lowest BCUT2D eigenvalue weighted by molar-refractivity contribution is -0.115. The predicted octanol–water partition coefficient (Wildman–Crippen LogP) is 4.74. The van der Waals surface area contributed by atoms with Gasteiger partial charge in [-0.1, -0.05) is 41.3 Å². The summed E-state index contributed by atoms with van der Waals surface area (Å²) in [6, 6.07) is 12.8. The average molecular weight is 417 g/mol. The third-order valence-electron chi connectivity index (χ3n) is 3.67. The molecule has 0 aliphatic rings. The van der Waals surface area contributed by atoms with Gasteiger partial charge in [0.1, 0.15) is 5.82 Å². The molecular formula is C19H17FN4O2S2. The van der Waals surface area contributed by atoms with Gasteiger partial charge in [0, 0.05) is 16.9 Å². The molecule has 1 atom stereocenters. The molecule has 0 saturated carbocycles. The highest BCUT2D eigenvalue weighted by Gasteiger charge is 2.18. The fourth-order valence-corrected chi connectivity index (χ4v) is 4.18. The molecule has 1 aromatic heterocycles. The number of carbonyl (C=O) groups excluding carboxylic acids is 2. The molecule has 28 heavy (non-hydrogen) atoms. The lowest BCUT2D eigenvalue weighted by atomic mass is 10.1. The highest BCUT2D eigenvalue weighted by molar-refractivity contribution is 8.02. The second-order valence-electron chi connectivity index (χ2n) is 5.89. The lowest BCUT2D eigenvalue weighted by Gasteiger charge is -2.10. The Morgan fingerprint density at radius 3 is 2.61 bits per heavy atom. The van der Waals surface area contributed by atoms with Gasteiger partial charge in [0.2, 0.25) is 11.0 Å². The average Bonchev–Trinajstić information content (AvgIpc) is 3.08. The zero-order chi connectivity index (χ0) is 20.1. The number of carbonyl (C=O) groups is 2. The van der Waals surface area contributed by atoms with Crippen LogP contribution in [0.15, 0.2) is 52.9 Å². The van der Waals surface area contributed by atoms with Gasteiger partial charge in [-0.3, -0.25) is 9.59 Å². The van der Waals surface area contributed by atoms with Crippen molar-refractivity contribution >= 4 is 51.3 Å². The van der Waals surface area contributed by atoms with E-state index in [0.717, 1.165) is 0 Å². The third kappa shape index (κ3) is 5.37. The van der Waals surface area contributed by atoms with Crippen LogP contribution in [0.5, 0.6) is 0 Å². The van der Waals surface area contributed by atoms with Crippen molar-refractivity contribution in [2.75, 3.05) is 10.6 Å². The molecule has 0 radical (unpaired) electrons. The van der Waals surface area contributed by atoms with E-state index in [4.69, 9.17) is 0 Å². The number of nitrogens with one attached hydrogen (secondary N) is 2. The van der Waals surface area contributed by atoms with E-state index in [-0.39, 0.29) is 17.5 Å². The summed E-state index contributed by atoms with van der Waals surface area (Å²) in [4.78, 5) is 23.9. The fourth-order valence-electron chi connectivity index (χ4n) is 2.26. The molecule has 1 unspecified atom stereocenters. The summed E-state index contributed by atoms with van der Waals surface area (Å²) < 4.78 is 13.9. The van der Waals surface area contributed by atoms with Gasteiger partial charge in [-0.15, -0.1) is 10.2 Å². The maximum atomic E-state index is 13.2. The van der Waals surface area contributed by atoms with E-state index in [0.29, 0.717) is 26.4 Å². The molecule has 0 fully saturated rings. The first-order valence-corrected chi connectivity index (χ1v) is 10.0. The molecule has 9 heteroatoms. The Balaban J connectivity index is 1.59. The van der Waals surface area contributed by atoms with Gasteiger partial charge in [0.05, 0.1) is 5.25 Å². The molecule has 1 amide bonds. The summed E-state index contributed by atoms with van der Waals surface area (Å²) in [6.45, 7) is 3.24. The van der Waals surface area contributed by atoms with E-state index in [9.17, 15) is 14.0 Å². The van der Waals surface area contributed by atoms with Crippen LogP contribution in [0.3, 0.4) is 0 Å². The third-order valence-corrected chi connectivity index (χ3v) is 5.69. The lowest BCUT2D eigenvalue weighted by Crippen LogP contribution is -2.22. The minimum Gasteiger partial charge on any atom is -0.330 e. The molecule has 2 N–H and O–H groups in total. The fraction of sp³-hybridized carbons (Fsp3) is 0.158. The maximum Gasteiger partial charge on any atom is 0.237 e. The van der Waals surface area contributed by atoms with E-state index in [1.54, 1.807) is 43.3 Å². The first-order chi connectivity index (χ1) is 13.4. The quantitative estimate of drug-likeness (QED) is 0.427. The number of hydrogen-bond acceptors (Lipinski definition) is 7. The van der Waals surface area contributed by atoms with E-state index in [1.807, 2.05) is 0 Å². The number of benzene rings is 2. The van der Waals surface area contributed by atoms with E-state index in [2.05, 4.69) is 20.8 Å². The molecule has 2 aromatic carbocycles. The Morgan fingerprint density at radius 2 is 1.86 bits per heavy atom. The summed E-state index contributed by atoms with van der Waals surface area (Å²) >= 11 is 2.54. The summed E-state index contributed by atoms with van der Waals surface area (Å²) in [5.41, 5.74) is 1.68. The second-order valence-corrected chi connectivity index (χ2v) is 8.46. The van der Waals surface area contributed by atoms with Gasteiger partial charge in [-0.2, -0.15) is 0 Å².